The van der Waals surface area contributed by atoms with Gasteiger partial charge in [-0.15, -0.1) is 0 Å². The van der Waals surface area contributed by atoms with Crippen LogP contribution in [0.1, 0.15) is 22.8 Å². The van der Waals surface area contributed by atoms with E-state index in [0.717, 1.165) is 16.9 Å². The van der Waals surface area contributed by atoms with E-state index >= 15 is 0 Å². The number of hydrogen-bond acceptors (Lipinski definition) is 4. The zero-order valence-corrected chi connectivity index (χ0v) is 17.7. The highest BCUT2D eigenvalue weighted by atomic mass is 16.5. The van der Waals surface area contributed by atoms with Crippen molar-refractivity contribution in [2.24, 2.45) is 0 Å². The minimum absolute atomic E-state index is 0.146. The fraction of sp³-hybridized carbons (Fsp3) is 0.115. The third-order valence-electron chi connectivity index (χ3n) is 5.01. The Kier molecular flexibility index (Phi) is 6.41. The fourth-order valence-corrected chi connectivity index (χ4v) is 3.33. The Bertz CT molecular complexity index is 1250. The monoisotopic (exact) mass is 425 g/mol. The Hall–Kier alpha value is -4.19. The average Bonchev–Trinajstić information content (AvgIpc) is 2.85. The highest BCUT2D eigenvalue weighted by Gasteiger charge is 2.14. The molecule has 0 aliphatic rings. The van der Waals surface area contributed by atoms with Crippen LogP contribution in [0.25, 0.3) is 11.4 Å². The molecule has 0 aliphatic heterocycles. The van der Waals surface area contributed by atoms with Gasteiger partial charge >= 0.3 is 0 Å². The molecule has 0 atom stereocenters. The summed E-state index contributed by atoms with van der Waals surface area (Å²) in [6.07, 6.45) is 1.41. The first-order chi connectivity index (χ1) is 15.7. The maximum atomic E-state index is 13.0. The van der Waals surface area contributed by atoms with Gasteiger partial charge in [-0.2, -0.15) is 0 Å². The van der Waals surface area contributed by atoms with E-state index in [0.29, 0.717) is 24.5 Å². The molecule has 1 amide bonds. The lowest BCUT2D eigenvalue weighted by Gasteiger charge is -2.13. The molecular weight excluding hydrogens is 402 g/mol. The molecule has 4 aromatic rings. The predicted molar refractivity (Wildman–Crippen MR) is 125 cm³/mol. The number of aromatic nitrogens is 2. The summed E-state index contributed by atoms with van der Waals surface area (Å²) >= 11 is 0. The smallest absolute Gasteiger partial charge is 0.277 e. The van der Waals surface area contributed by atoms with Crippen LogP contribution in [0.5, 0.6) is 5.75 Å². The maximum absolute atomic E-state index is 13.0. The molecular formula is C26H23N3O3. The van der Waals surface area contributed by atoms with Gasteiger partial charge in [0.25, 0.3) is 11.5 Å². The number of carbonyl (C=O) groups excluding carboxylic acids is 1. The van der Waals surface area contributed by atoms with Gasteiger partial charge in [0.05, 0.1) is 6.20 Å². The summed E-state index contributed by atoms with van der Waals surface area (Å²) in [4.78, 5) is 29.9. The van der Waals surface area contributed by atoms with Crippen molar-refractivity contribution in [1.82, 2.24) is 9.55 Å². The molecule has 3 aromatic carbocycles. The normalized spacial score (nSPS) is 10.5. The summed E-state index contributed by atoms with van der Waals surface area (Å²) in [5.74, 6) is 0.916. The second kappa shape index (κ2) is 9.75. The second-order valence-electron chi connectivity index (χ2n) is 7.16. The van der Waals surface area contributed by atoms with E-state index in [1.165, 1.54) is 6.20 Å². The van der Waals surface area contributed by atoms with E-state index in [9.17, 15) is 9.59 Å². The van der Waals surface area contributed by atoms with Crippen LogP contribution < -0.4 is 15.6 Å². The molecule has 160 valence electrons. The van der Waals surface area contributed by atoms with E-state index in [-0.39, 0.29) is 17.2 Å². The van der Waals surface area contributed by atoms with Crippen LogP contribution in [0.2, 0.25) is 0 Å². The van der Waals surface area contributed by atoms with E-state index < -0.39 is 0 Å². The van der Waals surface area contributed by atoms with Gasteiger partial charge in [-0.05, 0) is 48.9 Å². The number of rotatable bonds is 7. The maximum Gasteiger partial charge on any atom is 0.277 e. The standard InChI is InChI=1S/C26H23N3O3/c1-2-29-24(20-13-15-22(16-14-20)32-18-19-9-5-3-6-10-19)27-17-23(26(29)31)28-25(30)21-11-7-4-8-12-21/h3-17H,2,18H2,1H3,(H,28,30). The Morgan fingerprint density at radius 2 is 1.59 bits per heavy atom. The molecule has 1 N–H and O–H groups in total. The SMILES string of the molecule is CCn1c(-c2ccc(OCc3ccccc3)cc2)ncc(NC(=O)c2ccccc2)c1=O. The van der Waals surface area contributed by atoms with Gasteiger partial charge < -0.3 is 10.1 Å². The van der Waals surface area contributed by atoms with Crippen molar-refractivity contribution < 1.29 is 9.53 Å². The highest BCUT2D eigenvalue weighted by molar-refractivity contribution is 6.04. The van der Waals surface area contributed by atoms with Crippen molar-refractivity contribution in [2.45, 2.75) is 20.1 Å². The van der Waals surface area contributed by atoms with E-state index in [1.54, 1.807) is 28.8 Å². The Labute approximate surface area is 186 Å². The minimum atomic E-state index is -0.347. The first kappa shape index (κ1) is 21.1. The van der Waals surface area contributed by atoms with Gasteiger partial charge in [0.1, 0.15) is 23.9 Å². The Balaban J connectivity index is 1.52. The predicted octanol–water partition coefficient (Wildman–Crippen LogP) is 4.76. The van der Waals surface area contributed by atoms with Crippen molar-refractivity contribution >= 4 is 11.6 Å². The lowest BCUT2D eigenvalue weighted by Crippen LogP contribution is -2.27. The summed E-state index contributed by atoms with van der Waals surface area (Å²) in [7, 11) is 0. The topological polar surface area (TPSA) is 73.2 Å². The zero-order chi connectivity index (χ0) is 22.3. The zero-order valence-electron chi connectivity index (χ0n) is 17.7. The van der Waals surface area contributed by atoms with Crippen LogP contribution in [0.4, 0.5) is 5.69 Å². The molecule has 0 unspecified atom stereocenters. The van der Waals surface area contributed by atoms with Crippen LogP contribution in [0.15, 0.2) is 95.9 Å². The first-order valence-corrected chi connectivity index (χ1v) is 10.4. The van der Waals surface area contributed by atoms with E-state index in [4.69, 9.17) is 4.74 Å². The van der Waals surface area contributed by atoms with Crippen molar-refractivity contribution in [3.63, 3.8) is 0 Å². The number of anilines is 1. The quantitative estimate of drug-likeness (QED) is 0.463. The number of carbonyl (C=O) groups is 1. The number of ether oxygens (including phenoxy) is 1. The van der Waals surface area contributed by atoms with Gasteiger partial charge in [-0.25, -0.2) is 4.98 Å². The molecule has 6 nitrogen and oxygen atoms in total. The van der Waals surface area contributed by atoms with Crippen LogP contribution in [-0.4, -0.2) is 15.5 Å². The minimum Gasteiger partial charge on any atom is -0.489 e. The largest absolute Gasteiger partial charge is 0.489 e. The average molecular weight is 425 g/mol. The molecule has 6 heteroatoms. The Morgan fingerprint density at radius 3 is 2.25 bits per heavy atom. The third-order valence-corrected chi connectivity index (χ3v) is 5.01. The van der Waals surface area contributed by atoms with E-state index in [1.807, 2.05) is 67.6 Å². The van der Waals surface area contributed by atoms with Crippen molar-refractivity contribution in [1.29, 1.82) is 0 Å². The molecule has 0 bridgehead atoms. The summed E-state index contributed by atoms with van der Waals surface area (Å²) in [6, 6.07) is 26.2. The molecule has 0 saturated heterocycles. The van der Waals surface area contributed by atoms with Gasteiger partial charge in [-0.3, -0.25) is 14.2 Å². The van der Waals surface area contributed by atoms with Gasteiger partial charge in [0.15, 0.2) is 0 Å². The summed E-state index contributed by atoms with van der Waals surface area (Å²) < 4.78 is 7.37. The molecule has 0 fully saturated rings. The molecule has 32 heavy (non-hydrogen) atoms. The van der Waals surface area contributed by atoms with Gasteiger partial charge in [-0.1, -0.05) is 48.5 Å². The summed E-state index contributed by atoms with van der Waals surface area (Å²) in [5.41, 5.74) is 2.20. The summed E-state index contributed by atoms with van der Waals surface area (Å²) in [6.45, 7) is 2.77. The molecule has 0 aliphatic carbocycles. The lowest BCUT2D eigenvalue weighted by molar-refractivity contribution is 0.102. The van der Waals surface area contributed by atoms with Crippen molar-refractivity contribution in [3.05, 3.63) is 113 Å². The molecule has 1 aromatic heterocycles. The number of hydrogen-bond donors (Lipinski definition) is 1. The summed E-state index contributed by atoms with van der Waals surface area (Å²) in [5, 5.41) is 2.67. The van der Waals surface area contributed by atoms with Crippen LogP contribution >= 0.6 is 0 Å². The number of benzene rings is 3. The fourth-order valence-electron chi connectivity index (χ4n) is 3.33. The first-order valence-electron chi connectivity index (χ1n) is 10.4. The Morgan fingerprint density at radius 1 is 0.938 bits per heavy atom. The van der Waals surface area contributed by atoms with Gasteiger partial charge in [0, 0.05) is 17.7 Å². The third kappa shape index (κ3) is 4.75. The number of nitrogens with one attached hydrogen (secondary N) is 1. The van der Waals surface area contributed by atoms with Crippen molar-refractivity contribution in [2.75, 3.05) is 5.32 Å². The number of nitrogens with zero attached hydrogens (tertiary/aromatic N) is 2. The van der Waals surface area contributed by atoms with E-state index in [2.05, 4.69) is 10.3 Å². The van der Waals surface area contributed by atoms with Crippen LogP contribution in [0, 0.1) is 0 Å². The molecule has 0 saturated carbocycles. The molecule has 0 radical (unpaired) electrons. The van der Waals surface area contributed by atoms with Crippen LogP contribution in [0.3, 0.4) is 0 Å². The lowest BCUT2D eigenvalue weighted by atomic mass is 10.2. The van der Waals surface area contributed by atoms with Crippen molar-refractivity contribution in [3.8, 4) is 17.1 Å². The molecule has 1 heterocycles. The molecule has 0 spiro atoms. The van der Waals surface area contributed by atoms with Crippen LogP contribution in [-0.2, 0) is 13.2 Å². The number of amides is 1. The van der Waals surface area contributed by atoms with Gasteiger partial charge in [0.2, 0.25) is 0 Å². The molecule has 4 rings (SSSR count). The highest BCUT2D eigenvalue weighted by Crippen LogP contribution is 2.21. The second-order valence-corrected chi connectivity index (χ2v) is 7.16.